The SMILES string of the molecule is CCCCCCCCC(=O)OO.CCCCCCCCCCC(S)C(=O)[O-].CCCCCCCCCCC(S)C(=O)[O-].[Sn+2]. The molecule has 0 aromatic carbocycles. The van der Waals surface area contributed by atoms with Crippen LogP contribution in [0.15, 0.2) is 0 Å². The maximum atomic E-state index is 10.4. The Morgan fingerprint density at radius 2 is 0.791 bits per heavy atom. The molecule has 0 saturated carbocycles. The van der Waals surface area contributed by atoms with E-state index in [1.807, 2.05) is 0 Å². The first-order valence-corrected chi connectivity index (χ1v) is 17.8. The normalized spacial score (nSPS) is 11.6. The smallest absolute Gasteiger partial charge is 0.549 e. The van der Waals surface area contributed by atoms with Crippen molar-refractivity contribution >= 4 is 67.1 Å². The van der Waals surface area contributed by atoms with Crippen molar-refractivity contribution in [3.63, 3.8) is 0 Å². The summed E-state index contributed by atoms with van der Waals surface area (Å²) in [6.07, 6.45) is 28.1. The summed E-state index contributed by atoms with van der Waals surface area (Å²) in [5.41, 5.74) is 0. The number of hydrogen-bond acceptors (Lipinski definition) is 9. The molecule has 0 aliphatic rings. The molecule has 0 heterocycles. The van der Waals surface area contributed by atoms with Crippen LogP contribution in [0.5, 0.6) is 0 Å². The number of carbonyl (C=O) groups excluding carboxylic acids is 3. The third-order valence-electron chi connectivity index (χ3n) is 7.04. The van der Waals surface area contributed by atoms with Crippen LogP contribution in [-0.4, -0.2) is 57.6 Å². The van der Waals surface area contributed by atoms with E-state index >= 15 is 0 Å². The largest absolute Gasteiger partial charge is 2.00 e. The van der Waals surface area contributed by atoms with Crippen molar-refractivity contribution < 1.29 is 34.7 Å². The topological polar surface area (TPSA) is 127 Å². The molecule has 2 atom stereocenters. The summed E-state index contributed by atoms with van der Waals surface area (Å²) >= 11 is 7.87. The molecule has 0 aromatic rings. The first-order chi connectivity index (χ1) is 20.2. The molecule has 0 amide bonds. The van der Waals surface area contributed by atoms with E-state index in [1.54, 1.807) is 0 Å². The molecule has 0 aromatic heterocycles. The molecule has 0 saturated heterocycles. The van der Waals surface area contributed by atoms with E-state index in [-0.39, 0.29) is 23.9 Å². The van der Waals surface area contributed by atoms with Gasteiger partial charge in [-0.2, -0.15) is 30.5 Å². The molecule has 1 N–H and O–H groups in total. The zero-order valence-corrected chi connectivity index (χ0v) is 32.3. The zero-order chi connectivity index (χ0) is 32.3. The molecule has 0 rings (SSSR count). The molecule has 2 unspecified atom stereocenters. The number of thiol groups is 2. The van der Waals surface area contributed by atoms with Gasteiger partial charge < -0.3 is 24.7 Å². The van der Waals surface area contributed by atoms with Crippen molar-refractivity contribution in [2.45, 2.75) is 192 Å². The molecule has 7 nitrogen and oxygen atoms in total. The number of rotatable bonds is 27. The number of carboxylic acids is 2. The molecular formula is C33H64O7S2Sn. The number of aliphatic carboxylic acids is 2. The van der Waals surface area contributed by atoms with Crippen LogP contribution in [0.2, 0.25) is 0 Å². The average Bonchev–Trinajstić information content (AvgIpc) is 2.97. The Bertz CT molecular complexity index is 562. The third-order valence-corrected chi connectivity index (χ3v) is 7.98. The van der Waals surface area contributed by atoms with E-state index in [4.69, 9.17) is 5.26 Å². The molecule has 43 heavy (non-hydrogen) atoms. The Balaban J connectivity index is -0.000000264. The van der Waals surface area contributed by atoms with Gasteiger partial charge in [0.25, 0.3) is 0 Å². The number of carbonyl (C=O) groups is 3. The van der Waals surface area contributed by atoms with Crippen molar-refractivity contribution in [2.75, 3.05) is 0 Å². The van der Waals surface area contributed by atoms with Crippen molar-refractivity contribution in [1.29, 1.82) is 0 Å². The van der Waals surface area contributed by atoms with E-state index < -0.39 is 28.4 Å². The van der Waals surface area contributed by atoms with E-state index in [0.29, 0.717) is 19.3 Å². The van der Waals surface area contributed by atoms with Gasteiger partial charge in [-0.15, -0.1) is 0 Å². The summed E-state index contributed by atoms with van der Waals surface area (Å²) < 4.78 is 0. The van der Waals surface area contributed by atoms with E-state index in [9.17, 15) is 24.6 Å². The molecule has 0 spiro atoms. The van der Waals surface area contributed by atoms with E-state index in [1.165, 1.54) is 103 Å². The zero-order valence-electron chi connectivity index (χ0n) is 27.6. The van der Waals surface area contributed by atoms with Gasteiger partial charge in [-0.1, -0.05) is 156 Å². The molecule has 2 radical (unpaired) electrons. The summed E-state index contributed by atoms with van der Waals surface area (Å²) in [5.74, 6) is -2.60. The summed E-state index contributed by atoms with van der Waals surface area (Å²) in [4.78, 5) is 34.7. The minimum absolute atomic E-state index is 0. The van der Waals surface area contributed by atoms with Crippen LogP contribution in [0.25, 0.3) is 0 Å². The standard InChI is InChI=1S/2C12H24O2S.C9H18O3.Sn/c2*1-2-3-4-5-6-7-8-9-10-11(15)12(13)14;1-2-3-4-5-6-7-8-9(10)12-11;/h2*11,15H,2-10H2,1H3,(H,13,14);11H,2-8H2,1H3;/q;;;+2/p-2. The average molecular weight is 756 g/mol. The Hall–Kier alpha value is -0.131. The molecule has 0 aliphatic carbocycles. The Morgan fingerprint density at radius 1 is 0.535 bits per heavy atom. The van der Waals surface area contributed by atoms with E-state index in [2.05, 4.69) is 50.9 Å². The summed E-state index contributed by atoms with van der Waals surface area (Å²) in [5, 5.41) is 27.5. The second kappa shape index (κ2) is 41.9. The first kappa shape index (κ1) is 49.7. The molecular weight excluding hydrogens is 691 g/mol. The molecule has 0 fully saturated rings. The van der Waals surface area contributed by atoms with Crippen LogP contribution in [-0.2, 0) is 19.3 Å². The fourth-order valence-corrected chi connectivity index (χ4v) is 4.64. The monoisotopic (exact) mass is 756 g/mol. The second-order valence-electron chi connectivity index (χ2n) is 11.2. The minimum atomic E-state index is -1.04. The third kappa shape index (κ3) is 46.4. The number of hydrogen-bond donors (Lipinski definition) is 3. The second-order valence-corrected chi connectivity index (χ2v) is 12.4. The first-order valence-electron chi connectivity index (χ1n) is 16.8. The predicted octanol–water partition coefficient (Wildman–Crippen LogP) is 7.50. The van der Waals surface area contributed by atoms with Gasteiger partial charge in [-0.05, 0) is 19.3 Å². The summed E-state index contributed by atoms with van der Waals surface area (Å²) in [6.45, 7) is 6.60. The van der Waals surface area contributed by atoms with Gasteiger partial charge >= 0.3 is 29.9 Å². The Morgan fingerprint density at radius 3 is 1.05 bits per heavy atom. The molecule has 0 aliphatic heterocycles. The number of carboxylic acid groups (broad SMARTS) is 2. The Kier molecular flexibility index (Phi) is 48.4. The van der Waals surface area contributed by atoms with Gasteiger partial charge in [-0.3, -0.25) is 0 Å². The quantitative estimate of drug-likeness (QED) is 0.0261. The van der Waals surface area contributed by atoms with Crippen LogP contribution in [0.1, 0.15) is 181 Å². The van der Waals surface area contributed by atoms with Gasteiger partial charge in [0.2, 0.25) is 0 Å². The van der Waals surface area contributed by atoms with Gasteiger partial charge in [0, 0.05) is 16.9 Å². The molecule has 10 heteroatoms. The van der Waals surface area contributed by atoms with E-state index in [0.717, 1.165) is 38.5 Å². The van der Waals surface area contributed by atoms with Gasteiger partial charge in [0.05, 0.1) is 11.9 Å². The maximum Gasteiger partial charge on any atom is 2.00 e. The minimum Gasteiger partial charge on any atom is -0.549 e. The van der Waals surface area contributed by atoms with Crippen molar-refractivity contribution in [3.05, 3.63) is 0 Å². The van der Waals surface area contributed by atoms with Crippen LogP contribution in [0.3, 0.4) is 0 Å². The molecule has 254 valence electrons. The van der Waals surface area contributed by atoms with Gasteiger partial charge in [0.1, 0.15) is 0 Å². The van der Waals surface area contributed by atoms with Crippen LogP contribution < -0.4 is 10.2 Å². The maximum absolute atomic E-state index is 10.4. The Labute approximate surface area is 292 Å². The van der Waals surface area contributed by atoms with Crippen molar-refractivity contribution in [3.8, 4) is 0 Å². The molecule has 0 bridgehead atoms. The summed E-state index contributed by atoms with van der Waals surface area (Å²) in [6, 6.07) is 0. The fourth-order valence-electron chi connectivity index (χ4n) is 4.27. The van der Waals surface area contributed by atoms with Crippen LogP contribution in [0, 0.1) is 0 Å². The van der Waals surface area contributed by atoms with Crippen molar-refractivity contribution in [2.24, 2.45) is 0 Å². The van der Waals surface area contributed by atoms with Crippen LogP contribution in [0.4, 0.5) is 0 Å². The number of unbranched alkanes of at least 4 members (excludes halogenated alkanes) is 19. The van der Waals surface area contributed by atoms with Crippen LogP contribution >= 0.6 is 25.3 Å². The predicted molar refractivity (Wildman–Crippen MR) is 182 cm³/mol. The van der Waals surface area contributed by atoms with Gasteiger partial charge in [-0.25, -0.2) is 4.79 Å². The summed E-state index contributed by atoms with van der Waals surface area (Å²) in [7, 11) is 0. The van der Waals surface area contributed by atoms with Crippen molar-refractivity contribution in [1.82, 2.24) is 0 Å². The van der Waals surface area contributed by atoms with Gasteiger partial charge in [0.15, 0.2) is 0 Å². The fraction of sp³-hybridized carbons (Fsp3) is 0.909.